The average molecular weight is 1010 g/mol. The number of carbonyl (C=O) groups is 2. The molecule has 380 valence electrons. The first-order chi connectivity index (χ1) is 32.7. The van der Waals surface area contributed by atoms with E-state index in [1.807, 2.05) is 0 Å². The Hall–Kier alpha value is -6.46. The molecule has 4 fully saturated rings. The lowest BCUT2D eigenvalue weighted by atomic mass is 9.92. The van der Waals surface area contributed by atoms with Crippen LogP contribution in [0, 0.1) is 25.0 Å². The van der Waals surface area contributed by atoms with Crippen molar-refractivity contribution in [1.29, 1.82) is 0 Å². The van der Waals surface area contributed by atoms with Gasteiger partial charge in [-0.15, -0.1) is 0 Å². The van der Waals surface area contributed by atoms with Crippen LogP contribution in [0.4, 0.5) is 23.0 Å². The molecule has 10 rings (SSSR count). The number of hydrogen-bond donors (Lipinski definition) is 2. The molecule has 4 aliphatic rings. The molecule has 2 aliphatic carbocycles. The summed E-state index contributed by atoms with van der Waals surface area (Å²) in [5.74, 6) is 0.807. The number of sulfone groups is 2. The number of anilines is 2. The Morgan fingerprint density at radius 3 is 1.31 bits per heavy atom. The highest BCUT2D eigenvalue weighted by atomic mass is 32.2. The van der Waals surface area contributed by atoms with E-state index in [0.717, 1.165) is 25.7 Å². The van der Waals surface area contributed by atoms with Crippen LogP contribution >= 0.6 is 0 Å². The molecule has 0 spiro atoms. The zero-order valence-electron chi connectivity index (χ0n) is 37.7. The number of nitrogens with one attached hydrogen (secondary N) is 2. The second-order valence-electron chi connectivity index (χ2n) is 18.0. The molecular formula is C49H64N12O8S2. The summed E-state index contributed by atoms with van der Waals surface area (Å²) in [7, 11) is -3.58. The molecule has 71 heavy (non-hydrogen) atoms. The van der Waals surface area contributed by atoms with Gasteiger partial charge >= 0.3 is 0 Å². The van der Waals surface area contributed by atoms with Gasteiger partial charge in [-0.05, 0) is 100 Å². The summed E-state index contributed by atoms with van der Waals surface area (Å²) in [4.78, 5) is 34.2. The van der Waals surface area contributed by atoms with Crippen molar-refractivity contribution < 1.29 is 35.9 Å². The minimum absolute atomic E-state index is 0. The fraction of sp³-hybridized carbons (Fsp3) is 0.510. The van der Waals surface area contributed by atoms with Crippen LogP contribution in [-0.2, 0) is 52.8 Å². The lowest BCUT2D eigenvalue weighted by Gasteiger charge is -2.26. The van der Waals surface area contributed by atoms with Gasteiger partial charge in [-0.25, -0.2) is 26.5 Å². The third-order valence-corrected chi connectivity index (χ3v) is 17.6. The van der Waals surface area contributed by atoms with Crippen molar-refractivity contribution in [1.82, 2.24) is 39.1 Å². The standard InChI is InChI=1S/2C23H26N6O4S.3CH4/c2*1-24-16-12-19-18(21(13-16)34(31,32)17-3-4-17)14-25-29(19)20(11-15-6-9-33-10-7-15)23(30)26-22-5-8-28(2)27-22;;;/h2*5,8,12-15,17,20H,3-4,6-7,9-11H2,2H3,(H,26,27,30);3*1H4/t2*20-;;;/m10.../s1. The second kappa shape index (κ2) is 22.3. The number of rotatable bonds is 14. The molecule has 2 amide bonds. The molecule has 2 aromatic carbocycles. The van der Waals surface area contributed by atoms with E-state index in [9.17, 15) is 26.4 Å². The SMILES string of the molecule is C.C.C.[C-]#[N+]c1cc(S(=O)(=O)C2CC2)c2cnn([C@@H](CC3CCOCC3)C(=O)Nc3ccn(C)n3)c2c1.[C-]#[N+]c1cc(S(=O)(=O)C2CC2)c2cnn([C@H](CC3CCOCC3)C(=O)Nc3ccn(C)n3)c2c1. The molecular weight excluding hydrogens is 949 g/mol. The number of aromatic nitrogens is 8. The number of fused-ring (bicyclic) bond motifs is 2. The average Bonchev–Trinajstić information content (AvgIpc) is 4.23. The molecule has 6 aromatic rings. The number of ether oxygens (including phenoxy) is 2. The summed E-state index contributed by atoms with van der Waals surface area (Å²) in [5, 5.41) is 23.3. The first-order valence-electron chi connectivity index (χ1n) is 22.7. The van der Waals surface area contributed by atoms with Crippen molar-refractivity contribution in [3.05, 3.63) is 84.0 Å². The smallest absolute Gasteiger partial charge is 0.250 e. The predicted octanol–water partition coefficient (Wildman–Crippen LogP) is 8.41. The molecule has 0 bridgehead atoms. The molecule has 22 heteroatoms. The Balaban J connectivity index is 0.000000223. The van der Waals surface area contributed by atoms with Crippen molar-refractivity contribution in [2.24, 2.45) is 25.9 Å². The van der Waals surface area contributed by atoms with Crippen molar-refractivity contribution in [2.45, 2.75) is 119 Å². The minimum Gasteiger partial charge on any atom is -0.381 e. The molecule has 2 saturated carbocycles. The van der Waals surface area contributed by atoms with E-state index in [2.05, 4.69) is 40.7 Å². The van der Waals surface area contributed by atoms with E-state index in [4.69, 9.17) is 22.6 Å². The molecule has 2 aliphatic heterocycles. The number of benzene rings is 2. The summed E-state index contributed by atoms with van der Waals surface area (Å²) < 4.78 is 69.7. The molecule has 2 saturated heterocycles. The number of carbonyl (C=O) groups excluding carboxylic acids is 2. The van der Waals surface area contributed by atoms with Crippen LogP contribution in [0.2, 0.25) is 0 Å². The summed E-state index contributed by atoms with van der Waals surface area (Å²) in [6.45, 7) is 17.6. The Kier molecular flexibility index (Phi) is 16.9. The molecule has 6 heterocycles. The van der Waals surface area contributed by atoms with Crippen LogP contribution < -0.4 is 10.6 Å². The van der Waals surface area contributed by atoms with E-state index in [1.165, 1.54) is 24.5 Å². The van der Waals surface area contributed by atoms with Crippen LogP contribution in [0.15, 0.2) is 71.0 Å². The van der Waals surface area contributed by atoms with E-state index < -0.39 is 42.3 Å². The van der Waals surface area contributed by atoms with Gasteiger partial charge in [0, 0.05) is 75.8 Å². The van der Waals surface area contributed by atoms with Crippen molar-refractivity contribution in [2.75, 3.05) is 37.1 Å². The molecule has 4 aromatic heterocycles. The van der Waals surface area contributed by atoms with Gasteiger partial charge in [-0.1, -0.05) is 22.3 Å². The van der Waals surface area contributed by atoms with E-state index >= 15 is 0 Å². The summed E-state index contributed by atoms with van der Waals surface area (Å²) in [6, 6.07) is 8.12. The lowest BCUT2D eigenvalue weighted by molar-refractivity contribution is -0.121. The molecule has 2 atom stereocenters. The quantitative estimate of drug-likeness (QED) is 0.0981. The maximum absolute atomic E-state index is 13.5. The Labute approximate surface area is 415 Å². The monoisotopic (exact) mass is 1010 g/mol. The van der Waals surface area contributed by atoms with Crippen molar-refractivity contribution >= 4 is 76.3 Å². The molecule has 0 radical (unpaired) electrons. The van der Waals surface area contributed by atoms with Crippen LogP contribution in [0.25, 0.3) is 31.5 Å². The zero-order valence-corrected chi connectivity index (χ0v) is 39.3. The Morgan fingerprint density at radius 1 is 0.634 bits per heavy atom. The van der Waals surface area contributed by atoms with E-state index in [1.54, 1.807) is 69.5 Å². The Bertz CT molecular complexity index is 2970. The van der Waals surface area contributed by atoms with Gasteiger partial charge in [-0.3, -0.25) is 28.3 Å². The van der Waals surface area contributed by atoms with Crippen molar-refractivity contribution in [3.8, 4) is 0 Å². The lowest BCUT2D eigenvalue weighted by Crippen LogP contribution is -2.30. The third-order valence-electron chi connectivity index (χ3n) is 13.0. The second-order valence-corrected chi connectivity index (χ2v) is 22.4. The largest absolute Gasteiger partial charge is 0.381 e. The fourth-order valence-corrected chi connectivity index (χ4v) is 12.8. The van der Waals surface area contributed by atoms with Crippen LogP contribution in [0.1, 0.15) is 98.6 Å². The maximum atomic E-state index is 13.5. The topological polar surface area (TPSA) is 225 Å². The summed E-state index contributed by atoms with van der Waals surface area (Å²) in [6.07, 6.45) is 13.4. The number of amides is 2. The van der Waals surface area contributed by atoms with Crippen LogP contribution in [0.5, 0.6) is 0 Å². The normalized spacial score (nSPS) is 17.2. The zero-order chi connectivity index (χ0) is 47.7. The first-order valence-corrected chi connectivity index (χ1v) is 25.8. The van der Waals surface area contributed by atoms with Crippen LogP contribution in [0.3, 0.4) is 0 Å². The molecule has 0 unspecified atom stereocenters. The van der Waals surface area contributed by atoms with Crippen LogP contribution in [-0.4, -0.2) is 105 Å². The van der Waals surface area contributed by atoms with Gasteiger partial charge in [0.15, 0.2) is 42.7 Å². The third kappa shape index (κ3) is 11.7. The Morgan fingerprint density at radius 2 is 1.00 bits per heavy atom. The van der Waals surface area contributed by atoms with Gasteiger partial charge in [0.2, 0.25) is 11.8 Å². The van der Waals surface area contributed by atoms with Gasteiger partial charge < -0.3 is 20.1 Å². The fourth-order valence-electron chi connectivity index (χ4n) is 9.02. The number of nitrogens with zero attached hydrogens (tertiary/aromatic N) is 10. The first kappa shape index (κ1) is 53.9. The van der Waals surface area contributed by atoms with Gasteiger partial charge in [0.25, 0.3) is 0 Å². The highest BCUT2D eigenvalue weighted by molar-refractivity contribution is 7.92. The predicted molar refractivity (Wildman–Crippen MR) is 271 cm³/mol. The molecule has 20 nitrogen and oxygen atoms in total. The molecule has 2 N–H and O–H groups in total. The number of hydrogen-bond acceptors (Lipinski definition) is 12. The summed E-state index contributed by atoms with van der Waals surface area (Å²) in [5.41, 5.74) is 1.37. The van der Waals surface area contributed by atoms with Crippen molar-refractivity contribution in [3.63, 3.8) is 0 Å². The van der Waals surface area contributed by atoms with E-state index in [-0.39, 0.29) is 67.1 Å². The highest BCUT2D eigenvalue weighted by Crippen LogP contribution is 2.41. The van der Waals surface area contributed by atoms with Gasteiger partial charge in [-0.2, -0.15) is 20.4 Å². The van der Waals surface area contributed by atoms with Gasteiger partial charge in [0.05, 0.1) is 56.9 Å². The minimum atomic E-state index is -3.56. The summed E-state index contributed by atoms with van der Waals surface area (Å²) >= 11 is 0. The van der Waals surface area contributed by atoms with Gasteiger partial charge in [0.1, 0.15) is 12.1 Å². The maximum Gasteiger partial charge on any atom is 0.250 e. The highest BCUT2D eigenvalue weighted by Gasteiger charge is 2.40. The van der Waals surface area contributed by atoms with E-state index in [0.29, 0.717) is 98.4 Å². The number of aryl methyl sites for hydroxylation is 2.